The monoisotopic (exact) mass is 393 g/mol. The van der Waals surface area contributed by atoms with E-state index in [0.29, 0.717) is 49.0 Å². The number of carbonyl (C=O) groups is 1. The van der Waals surface area contributed by atoms with E-state index in [0.717, 1.165) is 16.8 Å². The summed E-state index contributed by atoms with van der Waals surface area (Å²) < 4.78 is 14.0. The predicted octanol–water partition coefficient (Wildman–Crippen LogP) is 3.44. The molecule has 146 valence electrons. The molecule has 2 heterocycles. The standard InChI is InChI=1S/C20H25ClFN3O2/c1-12-18(14(3)26)13(2)23-19(12)20(27)25-9-7-24(8-10-25)11-15-16(21)5-4-6-17(15)22/h4-6,14,23,26H,7-11H2,1-3H3/t14-/m1/s1. The molecule has 1 aromatic carbocycles. The quantitative estimate of drug-likeness (QED) is 0.836. The topological polar surface area (TPSA) is 59.6 Å². The average molecular weight is 394 g/mol. The van der Waals surface area contributed by atoms with Crippen LogP contribution in [0.15, 0.2) is 18.2 Å². The van der Waals surface area contributed by atoms with Crippen LogP contribution in [0.2, 0.25) is 5.02 Å². The molecule has 2 N–H and O–H groups in total. The van der Waals surface area contributed by atoms with Crippen LogP contribution in [-0.4, -0.2) is 52.0 Å². The lowest BCUT2D eigenvalue weighted by atomic mass is 10.1. The molecule has 0 bridgehead atoms. The minimum Gasteiger partial charge on any atom is -0.389 e. The van der Waals surface area contributed by atoms with E-state index < -0.39 is 6.10 Å². The molecule has 3 rings (SSSR count). The number of hydrogen-bond acceptors (Lipinski definition) is 3. The third-order valence-electron chi connectivity index (χ3n) is 5.23. The normalized spacial score (nSPS) is 16.6. The molecule has 0 saturated carbocycles. The summed E-state index contributed by atoms with van der Waals surface area (Å²) in [5.74, 6) is -0.366. The Morgan fingerprint density at radius 2 is 1.96 bits per heavy atom. The fourth-order valence-corrected chi connectivity index (χ4v) is 4.00. The van der Waals surface area contributed by atoms with E-state index in [9.17, 15) is 14.3 Å². The number of aliphatic hydroxyl groups excluding tert-OH is 1. The summed E-state index contributed by atoms with van der Waals surface area (Å²) in [6.45, 7) is 8.27. The van der Waals surface area contributed by atoms with E-state index in [1.54, 1.807) is 24.0 Å². The summed E-state index contributed by atoms with van der Waals surface area (Å²) in [7, 11) is 0. The zero-order valence-electron chi connectivity index (χ0n) is 15.9. The van der Waals surface area contributed by atoms with E-state index >= 15 is 0 Å². The van der Waals surface area contributed by atoms with Gasteiger partial charge in [-0.25, -0.2) is 4.39 Å². The molecule has 1 amide bonds. The Labute approximate surface area is 163 Å². The van der Waals surface area contributed by atoms with Crippen molar-refractivity contribution >= 4 is 17.5 Å². The number of benzene rings is 1. The van der Waals surface area contributed by atoms with Gasteiger partial charge in [-0.2, -0.15) is 0 Å². The summed E-state index contributed by atoms with van der Waals surface area (Å²) in [4.78, 5) is 19.9. The van der Waals surface area contributed by atoms with Gasteiger partial charge in [-0.3, -0.25) is 9.69 Å². The minimum atomic E-state index is -0.620. The Kier molecular flexibility index (Phi) is 5.89. The lowest BCUT2D eigenvalue weighted by Gasteiger charge is -2.34. The van der Waals surface area contributed by atoms with Crippen molar-refractivity contribution in [2.75, 3.05) is 26.2 Å². The van der Waals surface area contributed by atoms with Crippen LogP contribution in [0.3, 0.4) is 0 Å². The molecular formula is C20H25ClFN3O2. The first-order valence-electron chi connectivity index (χ1n) is 9.11. The number of piperazine rings is 1. The van der Waals surface area contributed by atoms with Crippen molar-refractivity contribution in [2.24, 2.45) is 0 Å². The van der Waals surface area contributed by atoms with Crippen molar-refractivity contribution in [3.63, 3.8) is 0 Å². The van der Waals surface area contributed by atoms with E-state index in [2.05, 4.69) is 9.88 Å². The zero-order chi connectivity index (χ0) is 19.7. The predicted molar refractivity (Wildman–Crippen MR) is 103 cm³/mol. The number of aliphatic hydroxyl groups is 1. The molecule has 1 aliphatic heterocycles. The molecule has 2 aromatic rings. The van der Waals surface area contributed by atoms with E-state index in [4.69, 9.17) is 11.6 Å². The number of nitrogens with zero attached hydrogens (tertiary/aromatic N) is 2. The van der Waals surface area contributed by atoms with Crippen molar-refractivity contribution < 1.29 is 14.3 Å². The number of H-pyrrole nitrogens is 1. The fourth-order valence-electron chi connectivity index (χ4n) is 3.78. The van der Waals surface area contributed by atoms with Crippen molar-refractivity contribution in [3.8, 4) is 0 Å². The lowest BCUT2D eigenvalue weighted by Crippen LogP contribution is -2.48. The van der Waals surface area contributed by atoms with Crippen LogP contribution in [0.5, 0.6) is 0 Å². The second-order valence-electron chi connectivity index (χ2n) is 7.11. The van der Waals surface area contributed by atoms with Gasteiger partial charge in [0.15, 0.2) is 0 Å². The van der Waals surface area contributed by atoms with Gasteiger partial charge in [-0.15, -0.1) is 0 Å². The Morgan fingerprint density at radius 3 is 2.52 bits per heavy atom. The molecule has 1 aromatic heterocycles. The summed E-state index contributed by atoms with van der Waals surface area (Å²) in [5, 5.41) is 10.3. The van der Waals surface area contributed by atoms with Crippen molar-refractivity contribution in [3.05, 3.63) is 57.1 Å². The maximum absolute atomic E-state index is 14.0. The number of aryl methyl sites for hydroxylation is 1. The Bertz CT molecular complexity index is 822. The SMILES string of the molecule is Cc1[nH]c(C(=O)N2CCN(Cc3c(F)cccc3Cl)CC2)c(C)c1[C@@H](C)O. The van der Waals surface area contributed by atoms with Gasteiger partial charge >= 0.3 is 0 Å². The second kappa shape index (κ2) is 8.00. The summed E-state index contributed by atoms with van der Waals surface area (Å²) in [5.41, 5.74) is 3.43. The maximum atomic E-state index is 14.0. The molecule has 0 spiro atoms. The molecule has 1 aliphatic rings. The van der Waals surface area contributed by atoms with Crippen LogP contribution in [0.4, 0.5) is 4.39 Å². The number of nitrogens with one attached hydrogen (secondary N) is 1. The number of halogens is 2. The smallest absolute Gasteiger partial charge is 0.270 e. The van der Waals surface area contributed by atoms with Crippen LogP contribution >= 0.6 is 11.6 Å². The lowest BCUT2D eigenvalue weighted by molar-refractivity contribution is 0.0621. The number of hydrogen-bond donors (Lipinski definition) is 2. The Balaban J connectivity index is 1.66. The van der Waals surface area contributed by atoms with Gasteiger partial charge in [0, 0.05) is 54.6 Å². The van der Waals surface area contributed by atoms with Crippen LogP contribution in [0.1, 0.15) is 45.9 Å². The van der Waals surface area contributed by atoms with Crippen molar-refractivity contribution in [2.45, 2.75) is 33.4 Å². The van der Waals surface area contributed by atoms with Crippen LogP contribution in [-0.2, 0) is 6.54 Å². The minimum absolute atomic E-state index is 0.0638. The van der Waals surface area contributed by atoms with Gasteiger partial charge in [0.05, 0.1) is 6.10 Å². The van der Waals surface area contributed by atoms with Crippen LogP contribution in [0.25, 0.3) is 0 Å². The van der Waals surface area contributed by atoms with E-state index in [1.165, 1.54) is 6.07 Å². The summed E-state index contributed by atoms with van der Waals surface area (Å²) >= 11 is 6.11. The Morgan fingerprint density at radius 1 is 1.30 bits per heavy atom. The fraction of sp³-hybridized carbons (Fsp3) is 0.450. The van der Waals surface area contributed by atoms with Gasteiger partial charge in [-0.05, 0) is 38.5 Å². The molecule has 7 heteroatoms. The third-order valence-corrected chi connectivity index (χ3v) is 5.58. The van der Waals surface area contributed by atoms with E-state index in [1.807, 2.05) is 13.8 Å². The van der Waals surface area contributed by atoms with E-state index in [-0.39, 0.29) is 11.7 Å². The van der Waals surface area contributed by atoms with Crippen molar-refractivity contribution in [1.29, 1.82) is 0 Å². The Hall–Kier alpha value is -1.89. The second-order valence-corrected chi connectivity index (χ2v) is 7.52. The molecule has 1 saturated heterocycles. The van der Waals surface area contributed by atoms with Gasteiger partial charge in [-0.1, -0.05) is 17.7 Å². The highest BCUT2D eigenvalue weighted by Crippen LogP contribution is 2.26. The van der Waals surface area contributed by atoms with Crippen molar-refractivity contribution in [1.82, 2.24) is 14.8 Å². The molecule has 0 radical (unpaired) electrons. The highest BCUT2D eigenvalue weighted by atomic mass is 35.5. The number of aromatic amines is 1. The molecular weight excluding hydrogens is 369 g/mol. The highest BCUT2D eigenvalue weighted by Gasteiger charge is 2.27. The van der Waals surface area contributed by atoms with Gasteiger partial charge in [0.1, 0.15) is 11.5 Å². The number of amides is 1. The van der Waals surface area contributed by atoms with Crippen LogP contribution in [0, 0.1) is 19.7 Å². The maximum Gasteiger partial charge on any atom is 0.270 e. The number of rotatable bonds is 4. The molecule has 27 heavy (non-hydrogen) atoms. The van der Waals surface area contributed by atoms with Gasteiger partial charge < -0.3 is 15.0 Å². The number of aromatic nitrogens is 1. The molecule has 1 atom stereocenters. The number of carbonyl (C=O) groups excluding carboxylic acids is 1. The highest BCUT2D eigenvalue weighted by molar-refractivity contribution is 6.31. The summed E-state index contributed by atoms with van der Waals surface area (Å²) in [6.07, 6.45) is -0.620. The first-order valence-corrected chi connectivity index (χ1v) is 9.49. The molecule has 5 nitrogen and oxygen atoms in total. The molecule has 0 aliphatic carbocycles. The average Bonchev–Trinajstić information content (AvgIpc) is 2.92. The largest absolute Gasteiger partial charge is 0.389 e. The first kappa shape index (κ1) is 19.9. The van der Waals surface area contributed by atoms with Gasteiger partial charge in [0.25, 0.3) is 5.91 Å². The molecule has 1 fully saturated rings. The third kappa shape index (κ3) is 4.03. The van der Waals surface area contributed by atoms with Crippen LogP contribution < -0.4 is 0 Å². The summed E-state index contributed by atoms with van der Waals surface area (Å²) in [6, 6.07) is 4.70. The van der Waals surface area contributed by atoms with Gasteiger partial charge in [0.2, 0.25) is 0 Å². The first-order chi connectivity index (χ1) is 12.8. The molecule has 0 unspecified atom stereocenters. The zero-order valence-corrected chi connectivity index (χ0v) is 16.6.